The van der Waals surface area contributed by atoms with E-state index in [1.165, 1.54) is 0 Å². The number of hydrogen-bond donors (Lipinski definition) is 1. The highest BCUT2D eigenvalue weighted by Gasteiger charge is 2.46. The van der Waals surface area contributed by atoms with Crippen molar-refractivity contribution >= 4 is 23.1 Å². The fraction of sp³-hybridized carbons (Fsp3) is 0.267. The van der Waals surface area contributed by atoms with Crippen molar-refractivity contribution < 1.29 is 19.4 Å². The van der Waals surface area contributed by atoms with Crippen LogP contribution in [0.15, 0.2) is 78.4 Å². The second-order valence-electron chi connectivity index (χ2n) is 9.67. The van der Waals surface area contributed by atoms with Gasteiger partial charge in [0, 0.05) is 38.3 Å². The zero-order valence-corrected chi connectivity index (χ0v) is 20.8. The number of carbonyl (C=O) groups is 2. The molecule has 0 bridgehead atoms. The summed E-state index contributed by atoms with van der Waals surface area (Å²) in [5.74, 6) is -0.613. The molecule has 1 fully saturated rings. The van der Waals surface area contributed by atoms with Crippen LogP contribution in [-0.4, -0.2) is 48.4 Å². The highest BCUT2D eigenvalue weighted by molar-refractivity contribution is 6.46. The van der Waals surface area contributed by atoms with Gasteiger partial charge < -0.3 is 19.6 Å². The molecule has 0 unspecified atom stereocenters. The Balaban J connectivity index is 1.57. The largest absolute Gasteiger partial charge is 0.507 e. The van der Waals surface area contributed by atoms with Gasteiger partial charge in [-0.25, -0.2) is 0 Å². The number of rotatable bonds is 6. The standard InChI is InChI=1S/C30H30N2O4/c1-19-17-23-18-22(11-14-25(23)36-19)28(33)26-27(21-9-12-24(13-10-21)31(2)3)32(30(35)29(26)34)16-15-20-7-5-4-6-8-20/h4-14,18-19,27,33H,15-17H2,1-3H3/t19-,27-/m0/s1. The zero-order valence-electron chi connectivity index (χ0n) is 20.8. The molecule has 3 aromatic rings. The molecular weight excluding hydrogens is 452 g/mol. The lowest BCUT2D eigenvalue weighted by atomic mass is 9.94. The summed E-state index contributed by atoms with van der Waals surface area (Å²) in [6.07, 6.45) is 1.40. The highest BCUT2D eigenvalue weighted by atomic mass is 16.5. The molecular formula is C30H30N2O4. The van der Waals surface area contributed by atoms with Crippen molar-refractivity contribution in [2.45, 2.75) is 31.9 Å². The third kappa shape index (κ3) is 4.35. The molecule has 0 radical (unpaired) electrons. The Labute approximate surface area is 211 Å². The molecule has 0 aromatic heterocycles. The van der Waals surface area contributed by atoms with Crippen molar-refractivity contribution in [3.63, 3.8) is 0 Å². The normalized spacial score (nSPS) is 20.4. The molecule has 0 spiro atoms. The molecule has 36 heavy (non-hydrogen) atoms. The number of Topliss-reactive ketones (excluding diaryl/α,β-unsaturated/α-hetero) is 1. The van der Waals surface area contributed by atoms with Crippen LogP contribution < -0.4 is 9.64 Å². The van der Waals surface area contributed by atoms with Crippen LogP contribution in [-0.2, 0) is 22.4 Å². The SMILES string of the molecule is C[C@H]1Cc2cc(C(O)=C3C(=O)C(=O)N(CCc4ccccc4)[C@H]3c3ccc(N(C)C)cc3)ccc2O1. The van der Waals surface area contributed by atoms with Gasteiger partial charge in [0.15, 0.2) is 0 Å². The first-order chi connectivity index (χ1) is 17.3. The number of nitrogens with zero attached hydrogens (tertiary/aromatic N) is 2. The molecule has 1 N–H and O–H groups in total. The molecule has 2 heterocycles. The van der Waals surface area contributed by atoms with Crippen LogP contribution in [0.2, 0.25) is 0 Å². The Morgan fingerprint density at radius 2 is 1.75 bits per heavy atom. The Morgan fingerprint density at radius 3 is 2.44 bits per heavy atom. The first kappa shape index (κ1) is 23.7. The van der Waals surface area contributed by atoms with E-state index in [9.17, 15) is 14.7 Å². The molecule has 2 aliphatic rings. The van der Waals surface area contributed by atoms with Gasteiger partial charge in [-0.15, -0.1) is 0 Å². The van der Waals surface area contributed by atoms with Crippen molar-refractivity contribution in [1.29, 1.82) is 0 Å². The molecule has 1 amide bonds. The molecule has 5 rings (SSSR count). The molecule has 0 aliphatic carbocycles. The van der Waals surface area contributed by atoms with E-state index in [1.807, 2.05) is 92.6 Å². The number of fused-ring (bicyclic) bond motifs is 1. The number of hydrogen-bond acceptors (Lipinski definition) is 5. The number of benzene rings is 3. The summed E-state index contributed by atoms with van der Waals surface area (Å²) in [6, 6.07) is 22.4. The lowest BCUT2D eigenvalue weighted by Crippen LogP contribution is -2.31. The summed E-state index contributed by atoms with van der Waals surface area (Å²) >= 11 is 0. The smallest absolute Gasteiger partial charge is 0.295 e. The van der Waals surface area contributed by atoms with Crippen LogP contribution in [0.25, 0.3) is 5.76 Å². The van der Waals surface area contributed by atoms with E-state index in [1.54, 1.807) is 11.0 Å². The zero-order chi connectivity index (χ0) is 25.4. The molecule has 6 heteroatoms. The molecule has 1 saturated heterocycles. The van der Waals surface area contributed by atoms with E-state index in [2.05, 4.69) is 0 Å². The van der Waals surface area contributed by atoms with Crippen molar-refractivity contribution in [3.8, 4) is 5.75 Å². The average Bonchev–Trinajstić information content (AvgIpc) is 3.38. The van der Waals surface area contributed by atoms with Crippen molar-refractivity contribution in [2.75, 3.05) is 25.5 Å². The monoisotopic (exact) mass is 482 g/mol. The van der Waals surface area contributed by atoms with Crippen LogP contribution in [0.5, 0.6) is 5.75 Å². The number of ketones is 1. The van der Waals surface area contributed by atoms with E-state index in [0.717, 1.165) is 34.5 Å². The molecule has 184 valence electrons. The number of amides is 1. The molecule has 3 aromatic carbocycles. The second kappa shape index (κ2) is 9.53. The first-order valence-corrected chi connectivity index (χ1v) is 12.2. The summed E-state index contributed by atoms with van der Waals surface area (Å²) in [7, 11) is 3.92. The number of aliphatic hydroxyl groups is 1. The lowest BCUT2D eigenvalue weighted by Gasteiger charge is -2.26. The van der Waals surface area contributed by atoms with Gasteiger partial charge in [-0.1, -0.05) is 42.5 Å². The van der Waals surface area contributed by atoms with Gasteiger partial charge in [0.1, 0.15) is 17.6 Å². The summed E-state index contributed by atoms with van der Waals surface area (Å²) < 4.78 is 5.79. The van der Waals surface area contributed by atoms with Gasteiger partial charge >= 0.3 is 0 Å². The summed E-state index contributed by atoms with van der Waals surface area (Å²) in [6.45, 7) is 2.36. The second-order valence-corrected chi connectivity index (χ2v) is 9.67. The van der Waals surface area contributed by atoms with Gasteiger partial charge in [-0.05, 0) is 60.4 Å². The Hall–Kier alpha value is -4.06. The summed E-state index contributed by atoms with van der Waals surface area (Å²) in [5.41, 5.74) is 4.49. The fourth-order valence-electron chi connectivity index (χ4n) is 5.03. The van der Waals surface area contributed by atoms with Crippen LogP contribution in [0, 0.1) is 0 Å². The molecule has 2 aliphatic heterocycles. The van der Waals surface area contributed by atoms with E-state index in [0.29, 0.717) is 18.5 Å². The maximum Gasteiger partial charge on any atom is 0.295 e. The average molecular weight is 483 g/mol. The molecule has 2 atom stereocenters. The Morgan fingerprint density at radius 1 is 1.03 bits per heavy atom. The third-order valence-electron chi connectivity index (χ3n) is 6.92. The van der Waals surface area contributed by atoms with Crippen LogP contribution >= 0.6 is 0 Å². The van der Waals surface area contributed by atoms with Gasteiger partial charge in [0.05, 0.1) is 11.6 Å². The van der Waals surface area contributed by atoms with Gasteiger partial charge in [0.2, 0.25) is 0 Å². The molecule has 6 nitrogen and oxygen atoms in total. The van der Waals surface area contributed by atoms with Crippen LogP contribution in [0.3, 0.4) is 0 Å². The van der Waals surface area contributed by atoms with Gasteiger partial charge in [0.25, 0.3) is 11.7 Å². The number of ether oxygens (including phenoxy) is 1. The fourth-order valence-corrected chi connectivity index (χ4v) is 5.03. The predicted molar refractivity (Wildman–Crippen MR) is 140 cm³/mol. The summed E-state index contributed by atoms with van der Waals surface area (Å²) in [4.78, 5) is 30.2. The number of likely N-dealkylation sites (tertiary alicyclic amines) is 1. The number of anilines is 1. The van der Waals surface area contributed by atoms with E-state index in [-0.39, 0.29) is 17.4 Å². The Kier molecular flexibility index (Phi) is 6.27. The minimum atomic E-state index is -0.673. The van der Waals surface area contributed by atoms with Crippen molar-refractivity contribution in [2.24, 2.45) is 0 Å². The van der Waals surface area contributed by atoms with Crippen molar-refractivity contribution in [1.82, 2.24) is 4.90 Å². The van der Waals surface area contributed by atoms with E-state index >= 15 is 0 Å². The lowest BCUT2D eigenvalue weighted by molar-refractivity contribution is -0.139. The maximum absolute atomic E-state index is 13.3. The first-order valence-electron chi connectivity index (χ1n) is 12.2. The highest BCUT2D eigenvalue weighted by Crippen LogP contribution is 2.41. The van der Waals surface area contributed by atoms with Crippen LogP contribution in [0.1, 0.15) is 35.2 Å². The van der Waals surface area contributed by atoms with E-state index in [4.69, 9.17) is 4.74 Å². The third-order valence-corrected chi connectivity index (χ3v) is 6.92. The van der Waals surface area contributed by atoms with Gasteiger partial charge in [-0.2, -0.15) is 0 Å². The van der Waals surface area contributed by atoms with Crippen molar-refractivity contribution in [3.05, 3.63) is 101 Å². The maximum atomic E-state index is 13.3. The molecule has 0 saturated carbocycles. The quantitative estimate of drug-likeness (QED) is 0.312. The Bertz CT molecular complexity index is 1330. The van der Waals surface area contributed by atoms with E-state index < -0.39 is 17.7 Å². The van der Waals surface area contributed by atoms with Crippen LogP contribution in [0.4, 0.5) is 5.69 Å². The minimum absolute atomic E-state index is 0.0659. The predicted octanol–water partition coefficient (Wildman–Crippen LogP) is 4.74. The number of aliphatic hydroxyl groups excluding tert-OH is 1. The van der Waals surface area contributed by atoms with Gasteiger partial charge in [-0.3, -0.25) is 9.59 Å². The summed E-state index contributed by atoms with van der Waals surface area (Å²) in [5, 5.41) is 11.4. The number of carbonyl (C=O) groups excluding carboxylic acids is 2. The topological polar surface area (TPSA) is 70.1 Å². The minimum Gasteiger partial charge on any atom is -0.507 e.